The number of fused-ring (bicyclic) bond motifs is 4. The lowest BCUT2D eigenvalue weighted by molar-refractivity contribution is 0.297. The summed E-state index contributed by atoms with van der Waals surface area (Å²) in [6.07, 6.45) is 1.79. The molecule has 0 saturated carbocycles. The van der Waals surface area contributed by atoms with E-state index in [2.05, 4.69) is 94.8 Å². The zero-order chi connectivity index (χ0) is 21.5. The minimum Gasteiger partial charge on any atom is -0.490 e. The van der Waals surface area contributed by atoms with Gasteiger partial charge in [-0.25, -0.2) is 4.98 Å². The fourth-order valence-electron chi connectivity index (χ4n) is 5.30. The first-order chi connectivity index (χ1) is 15.8. The van der Waals surface area contributed by atoms with Crippen molar-refractivity contribution in [1.29, 1.82) is 0 Å². The van der Waals surface area contributed by atoms with Crippen molar-refractivity contribution < 1.29 is 9.47 Å². The number of benzene rings is 3. The molecule has 0 bridgehead atoms. The van der Waals surface area contributed by atoms with Gasteiger partial charge in [-0.15, -0.1) is 0 Å². The summed E-state index contributed by atoms with van der Waals surface area (Å²) in [6.45, 7) is 1.42. The van der Waals surface area contributed by atoms with E-state index in [0.29, 0.717) is 12.5 Å². The van der Waals surface area contributed by atoms with Crippen LogP contribution in [0.5, 0.6) is 11.6 Å². The van der Waals surface area contributed by atoms with E-state index in [-0.39, 0.29) is 11.5 Å². The Morgan fingerprint density at radius 3 is 2.22 bits per heavy atom. The number of nitrogens with zero attached hydrogens (tertiary/aromatic N) is 2. The highest BCUT2D eigenvalue weighted by molar-refractivity contribution is 5.71. The van der Waals surface area contributed by atoms with Crippen LogP contribution >= 0.6 is 0 Å². The Kier molecular flexibility index (Phi) is 4.39. The fourth-order valence-corrected chi connectivity index (χ4v) is 5.30. The number of methoxy groups -OCH3 is 1. The van der Waals surface area contributed by atoms with Gasteiger partial charge in [-0.2, -0.15) is 0 Å². The molecule has 2 aliphatic rings. The average molecular weight is 421 g/mol. The van der Waals surface area contributed by atoms with E-state index in [4.69, 9.17) is 9.47 Å². The van der Waals surface area contributed by atoms with Crippen LogP contribution in [0.3, 0.4) is 0 Å². The van der Waals surface area contributed by atoms with Crippen LogP contribution in [0.1, 0.15) is 28.3 Å². The summed E-state index contributed by atoms with van der Waals surface area (Å²) in [7, 11) is 1.66. The normalized spacial score (nSPS) is 18.5. The summed E-state index contributed by atoms with van der Waals surface area (Å²) < 4.78 is 11.7. The quantitative estimate of drug-likeness (QED) is 0.444. The van der Waals surface area contributed by atoms with Gasteiger partial charge in [0.15, 0.2) is 0 Å². The molecular weight excluding hydrogens is 396 g/mol. The van der Waals surface area contributed by atoms with Crippen molar-refractivity contribution in [3.63, 3.8) is 0 Å². The second kappa shape index (κ2) is 7.41. The van der Waals surface area contributed by atoms with Crippen molar-refractivity contribution in [2.45, 2.75) is 11.5 Å². The predicted molar refractivity (Wildman–Crippen MR) is 126 cm³/mol. The van der Waals surface area contributed by atoms with Crippen molar-refractivity contribution >= 4 is 5.69 Å². The highest BCUT2D eigenvalue weighted by Crippen LogP contribution is 2.54. The standard InChI is InChI=1S/C28H24N2O2/c1-31-26-16-23-25(17-29-26)32-19-28(23)18-30(24-15-9-8-14-22(24)28)27(20-10-4-2-5-11-20)21-12-6-3-7-13-21/h2-17,27H,18-19H2,1H3. The highest BCUT2D eigenvalue weighted by Gasteiger charge is 2.51. The van der Waals surface area contributed by atoms with Gasteiger partial charge in [-0.1, -0.05) is 78.9 Å². The molecule has 4 heteroatoms. The number of pyridine rings is 1. The van der Waals surface area contributed by atoms with E-state index in [0.717, 1.165) is 17.9 Å². The molecule has 3 heterocycles. The Hall–Kier alpha value is -3.79. The second-order valence-electron chi connectivity index (χ2n) is 8.46. The lowest BCUT2D eigenvalue weighted by Crippen LogP contribution is -2.38. The topological polar surface area (TPSA) is 34.6 Å². The number of hydrogen-bond acceptors (Lipinski definition) is 4. The fraction of sp³-hybridized carbons (Fsp3) is 0.179. The summed E-state index contributed by atoms with van der Waals surface area (Å²) in [5, 5.41) is 0. The lowest BCUT2D eigenvalue weighted by atomic mass is 9.78. The van der Waals surface area contributed by atoms with Crippen LogP contribution < -0.4 is 14.4 Å². The number of aromatic nitrogens is 1. The predicted octanol–water partition coefficient (Wildman–Crippen LogP) is 5.38. The van der Waals surface area contributed by atoms with E-state index in [1.165, 1.54) is 22.4 Å². The maximum Gasteiger partial charge on any atom is 0.213 e. The summed E-state index contributed by atoms with van der Waals surface area (Å²) in [5.41, 5.74) is 5.98. The first-order valence-electron chi connectivity index (χ1n) is 10.9. The first-order valence-corrected chi connectivity index (χ1v) is 10.9. The van der Waals surface area contributed by atoms with Gasteiger partial charge in [0.2, 0.25) is 5.88 Å². The number of anilines is 1. The van der Waals surface area contributed by atoms with Gasteiger partial charge < -0.3 is 14.4 Å². The molecule has 0 aliphatic carbocycles. The van der Waals surface area contributed by atoms with Gasteiger partial charge in [0.05, 0.1) is 24.8 Å². The van der Waals surface area contributed by atoms with Gasteiger partial charge in [0.25, 0.3) is 0 Å². The third kappa shape index (κ3) is 2.79. The van der Waals surface area contributed by atoms with Crippen molar-refractivity contribution in [1.82, 2.24) is 4.98 Å². The molecule has 0 N–H and O–H groups in total. The Balaban J connectivity index is 1.54. The van der Waals surface area contributed by atoms with Crippen molar-refractivity contribution in [3.05, 3.63) is 119 Å². The van der Waals surface area contributed by atoms with Gasteiger partial charge in [-0.3, -0.25) is 0 Å². The van der Waals surface area contributed by atoms with E-state index in [9.17, 15) is 0 Å². The van der Waals surface area contributed by atoms with Crippen LogP contribution in [0.2, 0.25) is 0 Å². The van der Waals surface area contributed by atoms with Gasteiger partial charge in [-0.05, 0) is 22.8 Å². The molecule has 6 rings (SSSR count). The Morgan fingerprint density at radius 1 is 0.875 bits per heavy atom. The number of rotatable bonds is 4. The molecule has 0 radical (unpaired) electrons. The number of ether oxygens (including phenoxy) is 2. The second-order valence-corrected chi connectivity index (χ2v) is 8.46. The van der Waals surface area contributed by atoms with Crippen molar-refractivity contribution in [3.8, 4) is 11.6 Å². The minimum absolute atomic E-state index is 0.103. The molecule has 0 amide bonds. The van der Waals surface area contributed by atoms with Crippen molar-refractivity contribution in [2.24, 2.45) is 0 Å². The Labute approximate surface area is 188 Å². The number of para-hydroxylation sites is 1. The largest absolute Gasteiger partial charge is 0.490 e. The summed E-state index contributed by atoms with van der Waals surface area (Å²) >= 11 is 0. The molecule has 0 saturated heterocycles. The van der Waals surface area contributed by atoms with Crippen LogP contribution in [-0.4, -0.2) is 25.2 Å². The number of hydrogen-bond donors (Lipinski definition) is 0. The maximum atomic E-state index is 6.19. The molecule has 2 aliphatic heterocycles. The van der Waals surface area contributed by atoms with Crippen LogP contribution in [-0.2, 0) is 5.41 Å². The molecule has 158 valence electrons. The monoisotopic (exact) mass is 420 g/mol. The van der Waals surface area contributed by atoms with Gasteiger partial charge in [0.1, 0.15) is 12.4 Å². The van der Waals surface area contributed by atoms with Crippen LogP contribution in [0.15, 0.2) is 97.2 Å². The zero-order valence-electron chi connectivity index (χ0n) is 17.9. The van der Waals surface area contributed by atoms with E-state index >= 15 is 0 Å². The van der Waals surface area contributed by atoms with Crippen molar-refractivity contribution in [2.75, 3.05) is 25.2 Å². The smallest absolute Gasteiger partial charge is 0.213 e. The molecule has 1 aromatic heterocycles. The third-order valence-corrected chi connectivity index (χ3v) is 6.75. The summed E-state index contributed by atoms with van der Waals surface area (Å²) in [6, 6.07) is 32.4. The van der Waals surface area contributed by atoms with E-state index in [1.54, 1.807) is 13.3 Å². The van der Waals surface area contributed by atoms with E-state index < -0.39 is 0 Å². The highest BCUT2D eigenvalue weighted by atomic mass is 16.5. The molecule has 1 atom stereocenters. The zero-order valence-corrected chi connectivity index (χ0v) is 17.9. The molecule has 32 heavy (non-hydrogen) atoms. The van der Waals surface area contributed by atoms with Crippen LogP contribution in [0.25, 0.3) is 0 Å². The maximum absolute atomic E-state index is 6.19. The summed E-state index contributed by atoms with van der Waals surface area (Å²) in [5.74, 6) is 1.46. The lowest BCUT2D eigenvalue weighted by Gasteiger charge is -2.33. The summed E-state index contributed by atoms with van der Waals surface area (Å²) in [4.78, 5) is 6.90. The molecular formula is C28H24N2O2. The minimum atomic E-state index is -0.260. The molecule has 4 nitrogen and oxygen atoms in total. The van der Waals surface area contributed by atoms with E-state index in [1.807, 2.05) is 6.07 Å². The molecule has 1 unspecified atom stereocenters. The molecule has 4 aromatic rings. The Morgan fingerprint density at radius 2 is 1.53 bits per heavy atom. The van der Waals surface area contributed by atoms with Gasteiger partial charge in [0, 0.05) is 23.9 Å². The SMILES string of the molecule is COc1cc2c(cn1)OCC21CN(C(c2ccccc2)c2ccccc2)c2ccccc21. The molecule has 0 fully saturated rings. The average Bonchev–Trinajstić information content (AvgIpc) is 3.39. The first kappa shape index (κ1) is 18.9. The molecule has 3 aromatic carbocycles. The molecule has 1 spiro atoms. The third-order valence-electron chi connectivity index (χ3n) is 6.75. The van der Waals surface area contributed by atoms with Gasteiger partial charge >= 0.3 is 0 Å². The van der Waals surface area contributed by atoms with Crippen LogP contribution in [0.4, 0.5) is 5.69 Å². The van der Waals surface area contributed by atoms with Crippen LogP contribution in [0, 0.1) is 0 Å². The Bertz CT molecular complexity index is 1220.